The molecule has 0 aliphatic heterocycles. The summed E-state index contributed by atoms with van der Waals surface area (Å²) in [5, 5.41) is 0. The van der Waals surface area contributed by atoms with Crippen molar-refractivity contribution in [3.05, 3.63) is 71.1 Å². The van der Waals surface area contributed by atoms with Gasteiger partial charge in [0.1, 0.15) is 11.5 Å². The number of oxazole rings is 1. The fourth-order valence-electron chi connectivity index (χ4n) is 3.28. The van der Waals surface area contributed by atoms with Crippen LogP contribution in [0, 0.1) is 6.92 Å². The summed E-state index contributed by atoms with van der Waals surface area (Å²) in [5.41, 5.74) is 4.37. The lowest BCUT2D eigenvalue weighted by atomic mass is 10.1. The number of unbranched alkanes of at least 4 members (excludes halogenated alkanes) is 1. The van der Waals surface area contributed by atoms with E-state index in [9.17, 15) is 4.79 Å². The smallest absolute Gasteiger partial charge is 0.315 e. The van der Waals surface area contributed by atoms with Crippen molar-refractivity contribution in [2.24, 2.45) is 0 Å². The number of benzene rings is 2. The highest BCUT2D eigenvalue weighted by atomic mass is 32.2. The lowest BCUT2D eigenvalue weighted by Crippen LogP contribution is -2.04. The molecule has 0 unspecified atom stereocenters. The monoisotopic (exact) mass is 453 g/mol. The predicted octanol–water partition coefficient (Wildman–Crippen LogP) is 6.02. The molecule has 32 heavy (non-hydrogen) atoms. The van der Waals surface area contributed by atoms with Crippen LogP contribution >= 0.6 is 11.8 Å². The summed E-state index contributed by atoms with van der Waals surface area (Å²) in [5.74, 6) is 3.16. The molecule has 6 heteroatoms. The maximum atomic E-state index is 11.2. The van der Waals surface area contributed by atoms with Gasteiger partial charge in [-0.25, -0.2) is 4.98 Å². The Labute approximate surface area is 194 Å². The molecule has 1 aromatic heterocycles. The van der Waals surface area contributed by atoms with Gasteiger partial charge in [0.05, 0.1) is 25.2 Å². The average Bonchev–Trinajstić information content (AvgIpc) is 3.18. The molecule has 0 saturated carbocycles. The molecule has 0 spiro atoms. The van der Waals surface area contributed by atoms with Crippen molar-refractivity contribution in [2.75, 3.05) is 19.5 Å². The van der Waals surface area contributed by atoms with E-state index in [0.29, 0.717) is 24.7 Å². The van der Waals surface area contributed by atoms with Gasteiger partial charge < -0.3 is 13.9 Å². The molecule has 5 nitrogen and oxygen atoms in total. The molecule has 170 valence electrons. The Balaban J connectivity index is 1.52. The summed E-state index contributed by atoms with van der Waals surface area (Å²) < 4.78 is 16.5. The van der Waals surface area contributed by atoms with Crippen molar-refractivity contribution in [3.8, 4) is 17.2 Å². The van der Waals surface area contributed by atoms with Crippen molar-refractivity contribution in [2.45, 2.75) is 45.3 Å². The molecule has 0 fully saturated rings. The Bertz CT molecular complexity index is 997. The first-order valence-corrected chi connectivity index (χ1v) is 12.2. The maximum Gasteiger partial charge on any atom is 0.315 e. The molecule has 0 atom stereocenters. The van der Waals surface area contributed by atoms with E-state index < -0.39 is 0 Å². The third kappa shape index (κ3) is 7.16. The largest absolute Gasteiger partial charge is 0.493 e. The topological polar surface area (TPSA) is 61.6 Å². The van der Waals surface area contributed by atoms with Crippen molar-refractivity contribution in [1.29, 1.82) is 0 Å². The highest BCUT2D eigenvalue weighted by molar-refractivity contribution is 7.99. The van der Waals surface area contributed by atoms with Crippen LogP contribution in [0.3, 0.4) is 0 Å². The number of aryl methyl sites for hydroxylation is 2. The SMILES string of the molecule is CCCCc1ccc(-c2nc(CCOc3cccc(CSCC(=O)OC)c3)c(C)o2)cc1. The van der Waals surface area contributed by atoms with Crippen LogP contribution in [0.2, 0.25) is 0 Å². The van der Waals surface area contributed by atoms with Crippen LogP contribution < -0.4 is 4.74 Å². The standard InChI is InChI=1S/C26H31NO4S/c1-4-5-7-20-10-12-22(13-11-20)26-27-24(19(2)31-26)14-15-30-23-9-6-8-21(16-23)17-32-18-25(28)29-3/h6,8-13,16H,4-5,7,14-15,17-18H2,1-3H3. The minimum absolute atomic E-state index is 0.211. The first kappa shape index (κ1) is 23.9. The molecule has 0 N–H and O–H groups in total. The highest BCUT2D eigenvalue weighted by Gasteiger charge is 2.12. The number of thioether (sulfide) groups is 1. The van der Waals surface area contributed by atoms with Crippen LogP contribution in [-0.2, 0) is 28.1 Å². The summed E-state index contributed by atoms with van der Waals surface area (Å²) in [4.78, 5) is 15.9. The third-order valence-corrected chi connectivity index (χ3v) is 6.11. The first-order chi connectivity index (χ1) is 15.6. The Kier molecular flexibility index (Phi) is 9.23. The summed E-state index contributed by atoms with van der Waals surface area (Å²) in [6.45, 7) is 4.67. The van der Waals surface area contributed by atoms with E-state index in [1.807, 2.05) is 31.2 Å². The molecule has 0 aliphatic rings. The molecular weight excluding hydrogens is 422 g/mol. The summed E-state index contributed by atoms with van der Waals surface area (Å²) in [6, 6.07) is 16.4. The molecule has 0 saturated heterocycles. The highest BCUT2D eigenvalue weighted by Crippen LogP contribution is 2.24. The van der Waals surface area contributed by atoms with Gasteiger partial charge in [-0.1, -0.05) is 37.6 Å². The number of ether oxygens (including phenoxy) is 2. The van der Waals surface area contributed by atoms with Crippen LogP contribution in [0.25, 0.3) is 11.5 Å². The number of hydrogen-bond donors (Lipinski definition) is 0. The fourth-order valence-corrected chi connectivity index (χ4v) is 4.08. The fraction of sp³-hybridized carbons (Fsp3) is 0.385. The van der Waals surface area contributed by atoms with Gasteiger partial charge >= 0.3 is 5.97 Å². The van der Waals surface area contributed by atoms with E-state index in [2.05, 4.69) is 35.9 Å². The molecule has 0 radical (unpaired) electrons. The van der Waals surface area contributed by atoms with Gasteiger partial charge in [-0.2, -0.15) is 0 Å². The van der Waals surface area contributed by atoms with Gasteiger partial charge in [0.2, 0.25) is 5.89 Å². The second-order valence-corrected chi connectivity index (χ2v) is 8.62. The Morgan fingerprint density at radius 2 is 1.91 bits per heavy atom. The lowest BCUT2D eigenvalue weighted by Gasteiger charge is -2.07. The number of carbonyl (C=O) groups excluding carboxylic acids is 1. The third-order valence-electron chi connectivity index (χ3n) is 5.13. The van der Waals surface area contributed by atoms with Gasteiger partial charge in [0.15, 0.2) is 0 Å². The summed E-state index contributed by atoms with van der Waals surface area (Å²) in [6.07, 6.45) is 4.18. The van der Waals surface area contributed by atoms with E-state index >= 15 is 0 Å². The van der Waals surface area contributed by atoms with Crippen molar-refractivity contribution < 1.29 is 18.7 Å². The Morgan fingerprint density at radius 1 is 1.09 bits per heavy atom. The van der Waals surface area contributed by atoms with E-state index in [4.69, 9.17) is 14.1 Å². The quantitative estimate of drug-likeness (QED) is 0.313. The van der Waals surface area contributed by atoms with Gasteiger partial charge in [-0.05, 0) is 55.2 Å². The Hall–Kier alpha value is -2.73. The molecule has 1 heterocycles. The van der Waals surface area contributed by atoms with Gasteiger partial charge in [-0.3, -0.25) is 4.79 Å². The molecule has 3 aromatic rings. The van der Waals surface area contributed by atoms with Crippen molar-refractivity contribution in [3.63, 3.8) is 0 Å². The zero-order valence-corrected chi connectivity index (χ0v) is 19.9. The van der Waals surface area contributed by atoms with Gasteiger partial charge in [0, 0.05) is 17.7 Å². The molecule has 0 bridgehead atoms. The number of aromatic nitrogens is 1. The van der Waals surface area contributed by atoms with E-state index in [1.165, 1.54) is 37.3 Å². The number of rotatable bonds is 12. The van der Waals surface area contributed by atoms with Crippen molar-refractivity contribution in [1.82, 2.24) is 4.98 Å². The molecule has 0 amide bonds. The van der Waals surface area contributed by atoms with E-state index in [0.717, 1.165) is 40.5 Å². The molecule has 3 rings (SSSR count). The normalized spacial score (nSPS) is 10.8. The maximum absolute atomic E-state index is 11.2. The average molecular weight is 454 g/mol. The predicted molar refractivity (Wildman–Crippen MR) is 129 cm³/mol. The number of hydrogen-bond acceptors (Lipinski definition) is 6. The lowest BCUT2D eigenvalue weighted by molar-refractivity contribution is -0.137. The Morgan fingerprint density at radius 3 is 2.66 bits per heavy atom. The molecule has 0 aliphatic carbocycles. The van der Waals surface area contributed by atoms with Crippen LogP contribution in [0.5, 0.6) is 5.75 Å². The van der Waals surface area contributed by atoms with Crippen LogP contribution in [0.15, 0.2) is 52.9 Å². The second-order valence-electron chi connectivity index (χ2n) is 7.64. The second kappa shape index (κ2) is 12.3. The van der Waals surface area contributed by atoms with Crippen LogP contribution in [-0.4, -0.2) is 30.4 Å². The number of methoxy groups -OCH3 is 1. The number of nitrogens with zero attached hydrogens (tertiary/aromatic N) is 1. The minimum Gasteiger partial charge on any atom is -0.493 e. The van der Waals surface area contributed by atoms with Crippen LogP contribution in [0.1, 0.15) is 42.3 Å². The van der Waals surface area contributed by atoms with Crippen molar-refractivity contribution >= 4 is 17.7 Å². The summed E-state index contributed by atoms with van der Waals surface area (Å²) in [7, 11) is 1.40. The minimum atomic E-state index is -0.211. The number of carbonyl (C=O) groups is 1. The summed E-state index contributed by atoms with van der Waals surface area (Å²) >= 11 is 1.52. The first-order valence-electron chi connectivity index (χ1n) is 11.0. The van der Waals surface area contributed by atoms with Gasteiger partial charge in [-0.15, -0.1) is 11.8 Å². The number of esters is 1. The van der Waals surface area contributed by atoms with E-state index in [-0.39, 0.29) is 5.97 Å². The zero-order valence-electron chi connectivity index (χ0n) is 19.1. The molecule has 2 aromatic carbocycles. The zero-order chi connectivity index (χ0) is 22.8. The molecular formula is C26H31NO4S. The van der Waals surface area contributed by atoms with E-state index in [1.54, 1.807) is 0 Å². The van der Waals surface area contributed by atoms with Gasteiger partial charge in [0.25, 0.3) is 0 Å². The van der Waals surface area contributed by atoms with Crippen LogP contribution in [0.4, 0.5) is 0 Å².